The van der Waals surface area contributed by atoms with E-state index in [-0.39, 0.29) is 5.91 Å². The quantitative estimate of drug-likeness (QED) is 0.824. The summed E-state index contributed by atoms with van der Waals surface area (Å²) in [5.74, 6) is 0.497. The fourth-order valence-corrected chi connectivity index (χ4v) is 2.51. The van der Waals surface area contributed by atoms with Crippen molar-refractivity contribution in [2.24, 2.45) is 0 Å². The highest BCUT2D eigenvalue weighted by molar-refractivity contribution is 9.10. The van der Waals surface area contributed by atoms with E-state index in [9.17, 15) is 4.79 Å². The Hall–Kier alpha value is -1.80. The van der Waals surface area contributed by atoms with Crippen molar-refractivity contribution >= 4 is 21.8 Å². The molecule has 7 nitrogen and oxygen atoms in total. The number of ether oxygens (including phenoxy) is 1. The molecule has 1 fully saturated rings. The minimum absolute atomic E-state index is 0.0111. The van der Waals surface area contributed by atoms with E-state index in [1.54, 1.807) is 11.8 Å². The summed E-state index contributed by atoms with van der Waals surface area (Å²) < 4.78 is 6.24. The predicted molar refractivity (Wildman–Crippen MR) is 83.1 cm³/mol. The summed E-state index contributed by atoms with van der Waals surface area (Å²) in [6.45, 7) is 4.15. The number of aromatic nitrogens is 4. The van der Waals surface area contributed by atoms with Gasteiger partial charge in [0.25, 0.3) is 0 Å². The van der Waals surface area contributed by atoms with Crippen LogP contribution in [0.5, 0.6) is 0 Å². The Morgan fingerprint density at radius 1 is 1.27 bits per heavy atom. The van der Waals surface area contributed by atoms with Crippen LogP contribution in [0.4, 0.5) is 0 Å². The van der Waals surface area contributed by atoms with Gasteiger partial charge in [0.15, 0.2) is 0 Å². The number of rotatable bonds is 3. The lowest BCUT2D eigenvalue weighted by Gasteiger charge is -2.28. The van der Waals surface area contributed by atoms with E-state index in [2.05, 4.69) is 31.3 Å². The zero-order chi connectivity index (χ0) is 15.5. The lowest BCUT2D eigenvalue weighted by molar-refractivity contribution is -0.139. The molecule has 22 heavy (non-hydrogen) atoms. The van der Waals surface area contributed by atoms with Crippen LogP contribution in [-0.2, 0) is 9.53 Å². The first-order valence-corrected chi connectivity index (χ1v) is 7.86. The maximum Gasteiger partial charge on any atom is 0.249 e. The van der Waals surface area contributed by atoms with Crippen molar-refractivity contribution in [2.45, 2.75) is 13.0 Å². The third-order valence-corrected chi connectivity index (χ3v) is 4.09. The maximum atomic E-state index is 12.4. The largest absolute Gasteiger partial charge is 0.378 e. The molecule has 1 aliphatic rings. The molecule has 1 aliphatic heterocycles. The standard InChI is InChI=1S/C14H16BrN5O2/c1-10(14(21)19-6-8-22-9-7-19)20-17-13(16-18-20)11-2-4-12(15)5-3-11/h2-5,10H,6-9H2,1H3. The zero-order valence-electron chi connectivity index (χ0n) is 12.1. The summed E-state index contributed by atoms with van der Waals surface area (Å²) in [5, 5.41) is 12.4. The minimum atomic E-state index is -0.477. The molecule has 0 radical (unpaired) electrons. The van der Waals surface area contributed by atoms with Crippen LogP contribution in [0, 0.1) is 0 Å². The van der Waals surface area contributed by atoms with Gasteiger partial charge in [-0.2, -0.15) is 4.80 Å². The third-order valence-electron chi connectivity index (χ3n) is 3.56. The lowest BCUT2D eigenvalue weighted by atomic mass is 10.2. The van der Waals surface area contributed by atoms with Crippen LogP contribution in [0.3, 0.4) is 0 Å². The summed E-state index contributed by atoms with van der Waals surface area (Å²) in [6, 6.07) is 7.16. The number of halogens is 1. The van der Waals surface area contributed by atoms with Crippen LogP contribution in [0.25, 0.3) is 11.4 Å². The average molecular weight is 366 g/mol. The van der Waals surface area contributed by atoms with E-state index < -0.39 is 6.04 Å². The van der Waals surface area contributed by atoms with Crippen molar-refractivity contribution in [3.63, 3.8) is 0 Å². The van der Waals surface area contributed by atoms with Gasteiger partial charge >= 0.3 is 0 Å². The van der Waals surface area contributed by atoms with E-state index in [4.69, 9.17) is 4.74 Å². The lowest BCUT2D eigenvalue weighted by Crippen LogP contribution is -2.44. The second kappa shape index (κ2) is 6.53. The van der Waals surface area contributed by atoms with Crippen molar-refractivity contribution in [3.8, 4) is 11.4 Å². The second-order valence-electron chi connectivity index (χ2n) is 5.05. The van der Waals surface area contributed by atoms with E-state index in [1.807, 2.05) is 24.3 Å². The van der Waals surface area contributed by atoms with Gasteiger partial charge in [0.2, 0.25) is 11.7 Å². The molecule has 3 rings (SSSR count). The fourth-order valence-electron chi connectivity index (χ4n) is 2.25. The summed E-state index contributed by atoms with van der Waals surface area (Å²) in [5.41, 5.74) is 0.862. The number of hydrogen-bond acceptors (Lipinski definition) is 5. The Bertz CT molecular complexity index is 652. The highest BCUT2D eigenvalue weighted by Gasteiger charge is 2.25. The van der Waals surface area contributed by atoms with E-state index >= 15 is 0 Å². The number of tetrazole rings is 1. The molecule has 116 valence electrons. The first kappa shape index (κ1) is 15.1. The Balaban J connectivity index is 1.74. The molecule has 1 amide bonds. The molecule has 0 aliphatic carbocycles. The first-order chi connectivity index (χ1) is 10.6. The van der Waals surface area contributed by atoms with Crippen molar-refractivity contribution in [1.29, 1.82) is 0 Å². The summed E-state index contributed by atoms with van der Waals surface area (Å²) in [6.07, 6.45) is 0. The zero-order valence-corrected chi connectivity index (χ0v) is 13.7. The summed E-state index contributed by atoms with van der Waals surface area (Å²) in [4.78, 5) is 15.6. The van der Waals surface area contributed by atoms with E-state index in [0.717, 1.165) is 10.0 Å². The van der Waals surface area contributed by atoms with E-state index in [1.165, 1.54) is 4.80 Å². The third kappa shape index (κ3) is 3.17. The van der Waals surface area contributed by atoms with Crippen molar-refractivity contribution < 1.29 is 9.53 Å². The van der Waals surface area contributed by atoms with E-state index in [0.29, 0.717) is 32.1 Å². The highest BCUT2D eigenvalue weighted by Crippen LogP contribution is 2.18. The van der Waals surface area contributed by atoms with Crippen LogP contribution >= 0.6 is 15.9 Å². The molecular weight excluding hydrogens is 350 g/mol. The Labute approximate surface area is 136 Å². The van der Waals surface area contributed by atoms with Crippen LogP contribution in [0.1, 0.15) is 13.0 Å². The van der Waals surface area contributed by atoms with Gasteiger partial charge in [0.1, 0.15) is 6.04 Å². The van der Waals surface area contributed by atoms with Gasteiger partial charge < -0.3 is 9.64 Å². The molecule has 0 bridgehead atoms. The first-order valence-electron chi connectivity index (χ1n) is 7.07. The molecule has 1 aromatic carbocycles. The molecule has 8 heteroatoms. The topological polar surface area (TPSA) is 73.1 Å². The minimum Gasteiger partial charge on any atom is -0.378 e. The fraction of sp³-hybridized carbons (Fsp3) is 0.429. The predicted octanol–water partition coefficient (Wildman–Crippen LogP) is 1.52. The Morgan fingerprint density at radius 3 is 2.64 bits per heavy atom. The van der Waals surface area contributed by atoms with Gasteiger partial charge in [-0.25, -0.2) is 0 Å². The number of carbonyl (C=O) groups is 1. The van der Waals surface area contributed by atoms with Gasteiger partial charge in [-0.05, 0) is 36.4 Å². The molecule has 2 heterocycles. The highest BCUT2D eigenvalue weighted by atomic mass is 79.9. The number of amides is 1. The number of morpholine rings is 1. The molecular formula is C14H16BrN5O2. The summed E-state index contributed by atoms with van der Waals surface area (Å²) >= 11 is 3.39. The second-order valence-corrected chi connectivity index (χ2v) is 5.97. The number of benzene rings is 1. The molecule has 1 aromatic heterocycles. The van der Waals surface area contributed by atoms with Gasteiger partial charge in [-0.3, -0.25) is 4.79 Å². The molecule has 0 N–H and O–H groups in total. The van der Waals surface area contributed by atoms with Crippen LogP contribution in [-0.4, -0.2) is 57.3 Å². The van der Waals surface area contributed by atoms with Crippen molar-refractivity contribution in [3.05, 3.63) is 28.7 Å². The van der Waals surface area contributed by atoms with Crippen molar-refractivity contribution in [2.75, 3.05) is 26.3 Å². The van der Waals surface area contributed by atoms with Crippen LogP contribution < -0.4 is 0 Å². The molecule has 1 saturated heterocycles. The van der Waals surface area contributed by atoms with Gasteiger partial charge in [0.05, 0.1) is 13.2 Å². The number of carbonyl (C=O) groups excluding carboxylic acids is 1. The molecule has 1 unspecified atom stereocenters. The Kier molecular flexibility index (Phi) is 4.49. The maximum absolute atomic E-state index is 12.4. The molecule has 1 atom stereocenters. The van der Waals surface area contributed by atoms with Gasteiger partial charge in [-0.1, -0.05) is 15.9 Å². The smallest absolute Gasteiger partial charge is 0.249 e. The van der Waals surface area contributed by atoms with Gasteiger partial charge in [-0.15, -0.1) is 10.2 Å². The van der Waals surface area contributed by atoms with Gasteiger partial charge in [0, 0.05) is 23.1 Å². The number of hydrogen-bond donors (Lipinski definition) is 0. The SMILES string of the molecule is CC(C(=O)N1CCOCC1)n1nnc(-c2ccc(Br)cc2)n1. The summed E-state index contributed by atoms with van der Waals surface area (Å²) in [7, 11) is 0. The normalized spacial score (nSPS) is 16.5. The van der Waals surface area contributed by atoms with Crippen LogP contribution in [0.2, 0.25) is 0 Å². The monoisotopic (exact) mass is 365 g/mol. The van der Waals surface area contributed by atoms with Crippen LogP contribution in [0.15, 0.2) is 28.7 Å². The Morgan fingerprint density at radius 2 is 1.95 bits per heavy atom. The number of nitrogens with zero attached hydrogens (tertiary/aromatic N) is 5. The molecule has 0 spiro atoms. The van der Waals surface area contributed by atoms with Crippen molar-refractivity contribution in [1.82, 2.24) is 25.1 Å². The molecule has 2 aromatic rings. The average Bonchev–Trinajstić information content (AvgIpc) is 3.05. The molecule has 0 saturated carbocycles.